The van der Waals surface area contributed by atoms with Gasteiger partial charge in [0, 0.05) is 11.8 Å². The molecule has 2 saturated carbocycles. The van der Waals surface area contributed by atoms with Crippen molar-refractivity contribution in [2.75, 3.05) is 0 Å². The Hall–Kier alpha value is -1.75. The molecule has 0 aromatic rings. The van der Waals surface area contributed by atoms with Crippen molar-refractivity contribution in [3.05, 3.63) is 23.8 Å². The fraction of sp³-hybridized carbons (Fsp3) is 0.682. The minimum atomic E-state index is -1.00. The van der Waals surface area contributed by atoms with Gasteiger partial charge in [-0.2, -0.15) is 0 Å². The maximum atomic E-state index is 13.4. The van der Waals surface area contributed by atoms with Gasteiger partial charge in [0.2, 0.25) is 0 Å². The monoisotopic (exact) mass is 372 g/mol. The van der Waals surface area contributed by atoms with E-state index in [9.17, 15) is 24.6 Å². The second-order valence-corrected chi connectivity index (χ2v) is 9.51. The molecule has 0 aromatic heterocycles. The number of carboxylic acid groups (broad SMARTS) is 1. The van der Waals surface area contributed by atoms with Gasteiger partial charge in [-0.25, -0.2) is 0 Å². The molecule has 0 amide bonds. The van der Waals surface area contributed by atoms with Gasteiger partial charge in [-0.15, -0.1) is 0 Å². The predicted molar refractivity (Wildman–Crippen MR) is 98.7 cm³/mol. The smallest absolute Gasteiger partial charge is 0.306 e. The van der Waals surface area contributed by atoms with Crippen LogP contribution < -0.4 is 0 Å². The van der Waals surface area contributed by atoms with Gasteiger partial charge in [0.25, 0.3) is 0 Å². The highest BCUT2D eigenvalue weighted by Crippen LogP contribution is 2.64. The van der Waals surface area contributed by atoms with Crippen LogP contribution in [-0.2, 0) is 14.4 Å². The minimum absolute atomic E-state index is 0.0564. The maximum Gasteiger partial charge on any atom is 0.306 e. The number of rotatable bonds is 2. The predicted octanol–water partition coefficient (Wildman–Crippen LogP) is 2.78. The molecule has 2 N–H and O–H groups in total. The Morgan fingerprint density at radius 3 is 2.59 bits per heavy atom. The molecule has 0 heterocycles. The molecule has 8 atom stereocenters. The third-order valence-corrected chi connectivity index (χ3v) is 8.48. The van der Waals surface area contributed by atoms with Gasteiger partial charge in [-0.1, -0.05) is 32.9 Å². The van der Waals surface area contributed by atoms with E-state index in [0.29, 0.717) is 12.8 Å². The molecule has 0 radical (unpaired) electrons. The van der Waals surface area contributed by atoms with Gasteiger partial charge in [0.1, 0.15) is 11.9 Å². The average Bonchev–Trinajstić information content (AvgIpc) is 2.95. The second-order valence-electron chi connectivity index (χ2n) is 9.51. The third kappa shape index (κ3) is 2.36. The zero-order chi connectivity index (χ0) is 19.7. The van der Waals surface area contributed by atoms with Crippen molar-refractivity contribution in [3.63, 3.8) is 0 Å². The molecule has 5 unspecified atom stereocenters. The van der Waals surface area contributed by atoms with Crippen LogP contribution in [0, 0.1) is 40.4 Å². The Labute approximate surface area is 159 Å². The lowest BCUT2D eigenvalue weighted by Crippen LogP contribution is -2.55. The molecule has 4 aliphatic rings. The van der Waals surface area contributed by atoms with Gasteiger partial charge >= 0.3 is 5.97 Å². The molecular formula is C22H28O5. The first kappa shape index (κ1) is 18.6. The number of carbonyl (C=O) groups excluding carboxylic acids is 2. The molecule has 0 saturated heterocycles. The number of carbonyl (C=O) groups is 3. The lowest BCUT2D eigenvalue weighted by molar-refractivity contribution is -0.152. The number of fused-ring (bicyclic) bond motifs is 5. The topological polar surface area (TPSA) is 91.7 Å². The number of ketones is 2. The van der Waals surface area contributed by atoms with E-state index < -0.39 is 23.4 Å². The first-order valence-electron chi connectivity index (χ1n) is 9.99. The SMILES string of the molecule is CC(C(=O)O)C1CCC2C3C=CC4=CC(=O)[C@@H](O)C[C@]4(C)C3CC(=O)[C@]12C. The fourth-order valence-corrected chi connectivity index (χ4v) is 6.79. The van der Waals surface area contributed by atoms with Crippen LogP contribution >= 0.6 is 0 Å². The average molecular weight is 372 g/mol. The van der Waals surface area contributed by atoms with Crippen molar-refractivity contribution in [1.82, 2.24) is 0 Å². The standard InChI is InChI=1S/C22H28O5/c1-11(20(26)27)14-6-7-15-13-5-4-12-8-17(23)18(24)10-21(12,2)16(13)9-19(25)22(14,15)3/h4-5,8,11,13-16,18,24H,6-7,9-10H2,1-3H3,(H,26,27)/t11?,13?,14?,15?,16?,18-,21-,22+/m0/s1. The highest BCUT2D eigenvalue weighted by Gasteiger charge is 2.63. The van der Waals surface area contributed by atoms with Crippen LogP contribution in [0.2, 0.25) is 0 Å². The third-order valence-electron chi connectivity index (χ3n) is 8.48. The summed E-state index contributed by atoms with van der Waals surface area (Å²) >= 11 is 0. The van der Waals surface area contributed by atoms with E-state index in [0.717, 1.165) is 18.4 Å². The van der Waals surface area contributed by atoms with Crippen LogP contribution in [0.3, 0.4) is 0 Å². The Kier molecular flexibility index (Phi) is 4.05. The van der Waals surface area contributed by atoms with Crippen molar-refractivity contribution < 1.29 is 24.6 Å². The van der Waals surface area contributed by atoms with Crippen molar-refractivity contribution in [1.29, 1.82) is 0 Å². The Morgan fingerprint density at radius 2 is 1.93 bits per heavy atom. The maximum absolute atomic E-state index is 13.4. The molecule has 0 aromatic carbocycles. The number of hydrogen-bond acceptors (Lipinski definition) is 4. The van der Waals surface area contributed by atoms with Crippen LogP contribution in [0.4, 0.5) is 0 Å². The summed E-state index contributed by atoms with van der Waals surface area (Å²) in [5.41, 5.74) is -0.0755. The van der Waals surface area contributed by atoms with Crippen molar-refractivity contribution >= 4 is 17.5 Å². The van der Waals surface area contributed by atoms with Crippen LogP contribution in [-0.4, -0.2) is 33.9 Å². The van der Waals surface area contributed by atoms with Crippen LogP contribution in [0.15, 0.2) is 23.8 Å². The van der Waals surface area contributed by atoms with E-state index in [1.165, 1.54) is 0 Å². The van der Waals surface area contributed by atoms with Gasteiger partial charge in [-0.05, 0) is 60.0 Å². The zero-order valence-corrected chi connectivity index (χ0v) is 16.1. The summed E-state index contributed by atoms with van der Waals surface area (Å²) in [5, 5.41) is 19.7. The molecule has 0 aliphatic heterocycles. The quantitative estimate of drug-likeness (QED) is 0.778. The summed E-state index contributed by atoms with van der Waals surface area (Å²) < 4.78 is 0. The molecule has 5 heteroatoms. The summed E-state index contributed by atoms with van der Waals surface area (Å²) in [7, 11) is 0. The van der Waals surface area contributed by atoms with E-state index in [1.54, 1.807) is 13.0 Å². The number of carboxylic acids is 1. The van der Waals surface area contributed by atoms with E-state index in [2.05, 4.69) is 13.0 Å². The molecule has 146 valence electrons. The number of Topliss-reactive ketones (excluding diaryl/α,β-unsaturated/α-hetero) is 1. The van der Waals surface area contributed by atoms with Crippen LogP contribution in [0.5, 0.6) is 0 Å². The van der Waals surface area contributed by atoms with Gasteiger partial charge in [0.05, 0.1) is 5.92 Å². The minimum Gasteiger partial charge on any atom is -0.481 e. The first-order valence-corrected chi connectivity index (χ1v) is 9.99. The molecule has 2 fully saturated rings. The van der Waals surface area contributed by atoms with E-state index in [-0.39, 0.29) is 40.7 Å². The van der Waals surface area contributed by atoms with Crippen molar-refractivity contribution in [3.8, 4) is 0 Å². The largest absolute Gasteiger partial charge is 0.481 e. The summed E-state index contributed by atoms with van der Waals surface area (Å²) in [6, 6.07) is 0. The van der Waals surface area contributed by atoms with E-state index in [1.807, 2.05) is 13.0 Å². The lowest BCUT2D eigenvalue weighted by atomic mass is 9.47. The number of allylic oxidation sites excluding steroid dienone is 3. The number of aliphatic hydroxyl groups is 1. The number of aliphatic carboxylic acids is 1. The Balaban J connectivity index is 1.75. The molecule has 4 aliphatic carbocycles. The highest BCUT2D eigenvalue weighted by molar-refractivity contribution is 5.96. The number of hydrogen-bond donors (Lipinski definition) is 2. The summed E-state index contributed by atoms with van der Waals surface area (Å²) in [6.45, 7) is 5.77. The second kappa shape index (κ2) is 5.87. The van der Waals surface area contributed by atoms with Crippen molar-refractivity contribution in [2.24, 2.45) is 40.4 Å². The molecular weight excluding hydrogens is 344 g/mol. The first-order chi connectivity index (χ1) is 12.6. The number of aliphatic hydroxyl groups excluding tert-OH is 1. The molecule has 27 heavy (non-hydrogen) atoms. The van der Waals surface area contributed by atoms with Crippen LogP contribution in [0.25, 0.3) is 0 Å². The molecule has 5 nitrogen and oxygen atoms in total. The Bertz CT molecular complexity index is 780. The van der Waals surface area contributed by atoms with E-state index in [4.69, 9.17) is 0 Å². The zero-order valence-electron chi connectivity index (χ0n) is 16.1. The summed E-state index contributed by atoms with van der Waals surface area (Å²) in [4.78, 5) is 36.9. The van der Waals surface area contributed by atoms with Crippen LogP contribution in [0.1, 0.15) is 46.5 Å². The van der Waals surface area contributed by atoms with Gasteiger partial charge in [-0.3, -0.25) is 14.4 Å². The fourth-order valence-electron chi connectivity index (χ4n) is 6.79. The van der Waals surface area contributed by atoms with Gasteiger partial charge in [0.15, 0.2) is 5.78 Å². The van der Waals surface area contributed by atoms with E-state index >= 15 is 0 Å². The Morgan fingerprint density at radius 1 is 1.22 bits per heavy atom. The molecule has 0 spiro atoms. The lowest BCUT2D eigenvalue weighted by Gasteiger charge is -2.55. The van der Waals surface area contributed by atoms with Gasteiger partial charge < -0.3 is 10.2 Å². The molecule has 4 rings (SSSR count). The highest BCUT2D eigenvalue weighted by atomic mass is 16.4. The molecule has 0 bridgehead atoms. The normalized spacial score (nSPS) is 47.0. The van der Waals surface area contributed by atoms with Crippen molar-refractivity contribution in [2.45, 2.75) is 52.6 Å². The summed E-state index contributed by atoms with van der Waals surface area (Å²) in [5.74, 6) is -1.23. The summed E-state index contributed by atoms with van der Waals surface area (Å²) in [6.07, 6.45) is 7.06.